The van der Waals surface area contributed by atoms with Gasteiger partial charge in [-0.2, -0.15) is 0 Å². The number of fused-ring (bicyclic) bond motifs is 1. The van der Waals surface area contributed by atoms with Gasteiger partial charge in [0.25, 0.3) is 0 Å². The van der Waals surface area contributed by atoms with Crippen LogP contribution in [0.5, 0.6) is 11.5 Å². The molecule has 0 aliphatic carbocycles. The maximum atomic E-state index is 5.88. The number of hydrogen-bond acceptors (Lipinski definition) is 4. The average Bonchev–Trinajstić information content (AvgIpc) is 2.84. The first-order valence-corrected chi connectivity index (χ1v) is 5.23. The summed E-state index contributed by atoms with van der Waals surface area (Å²) in [6.45, 7) is 2.29. The number of ether oxygens (including phenoxy) is 2. The van der Waals surface area contributed by atoms with Gasteiger partial charge in [-0.3, -0.25) is 0 Å². The highest BCUT2D eigenvalue weighted by molar-refractivity contribution is 5.57. The lowest BCUT2D eigenvalue weighted by molar-refractivity contribution is 0.174. The Labute approximate surface area is 88.6 Å². The maximum Gasteiger partial charge on any atom is 0.231 e. The van der Waals surface area contributed by atoms with Gasteiger partial charge in [0.05, 0.1) is 0 Å². The summed E-state index contributed by atoms with van der Waals surface area (Å²) >= 11 is 0. The van der Waals surface area contributed by atoms with Crippen molar-refractivity contribution in [2.24, 2.45) is 5.73 Å². The first-order valence-electron chi connectivity index (χ1n) is 5.23. The Bertz CT molecular complexity index is 381. The van der Waals surface area contributed by atoms with E-state index in [2.05, 4.69) is 11.0 Å². The molecule has 0 aromatic heterocycles. The Morgan fingerprint density at radius 3 is 2.93 bits per heavy atom. The summed E-state index contributed by atoms with van der Waals surface area (Å²) in [5.41, 5.74) is 7.05. The Morgan fingerprint density at radius 2 is 2.13 bits per heavy atom. The molecule has 4 heteroatoms. The molecule has 0 spiro atoms. The summed E-state index contributed by atoms with van der Waals surface area (Å²) in [5.74, 6) is 1.68. The maximum absolute atomic E-state index is 5.88. The van der Waals surface area contributed by atoms with E-state index in [-0.39, 0.29) is 0 Å². The first-order chi connectivity index (χ1) is 7.33. The minimum absolute atomic E-state index is 0.301. The fraction of sp³-hybridized carbons (Fsp3) is 0.455. The second-order valence-corrected chi connectivity index (χ2v) is 4.03. The van der Waals surface area contributed by atoms with Gasteiger partial charge in [0, 0.05) is 30.9 Å². The van der Waals surface area contributed by atoms with Crippen molar-refractivity contribution in [1.82, 2.24) is 0 Å². The summed E-state index contributed by atoms with van der Waals surface area (Å²) < 4.78 is 10.6. The van der Waals surface area contributed by atoms with E-state index in [1.807, 2.05) is 12.1 Å². The van der Waals surface area contributed by atoms with Crippen LogP contribution in [0.3, 0.4) is 0 Å². The normalized spacial score (nSPS) is 23.5. The highest BCUT2D eigenvalue weighted by Gasteiger charge is 2.21. The first kappa shape index (κ1) is 8.85. The lowest BCUT2D eigenvalue weighted by atomic mass is 10.2. The molecule has 15 heavy (non-hydrogen) atoms. The monoisotopic (exact) mass is 206 g/mol. The van der Waals surface area contributed by atoms with E-state index in [4.69, 9.17) is 15.2 Å². The summed E-state index contributed by atoms with van der Waals surface area (Å²) in [4.78, 5) is 2.28. The summed E-state index contributed by atoms with van der Waals surface area (Å²) in [5, 5.41) is 0. The molecular formula is C11H14N2O2. The molecule has 1 aromatic carbocycles. The molecule has 1 fully saturated rings. The van der Waals surface area contributed by atoms with Crippen LogP contribution in [0.2, 0.25) is 0 Å². The third-order valence-electron chi connectivity index (χ3n) is 2.95. The predicted molar refractivity (Wildman–Crippen MR) is 57.4 cm³/mol. The van der Waals surface area contributed by atoms with Gasteiger partial charge in [0.15, 0.2) is 11.5 Å². The summed E-state index contributed by atoms with van der Waals surface area (Å²) in [6, 6.07) is 6.35. The molecule has 1 unspecified atom stereocenters. The summed E-state index contributed by atoms with van der Waals surface area (Å²) in [6.07, 6.45) is 1.06. The zero-order valence-corrected chi connectivity index (χ0v) is 8.48. The van der Waals surface area contributed by atoms with Crippen LogP contribution in [-0.2, 0) is 0 Å². The number of anilines is 1. The van der Waals surface area contributed by atoms with Crippen LogP contribution in [0.15, 0.2) is 18.2 Å². The molecule has 2 aliphatic rings. The van der Waals surface area contributed by atoms with Crippen LogP contribution < -0.4 is 20.1 Å². The molecule has 0 radical (unpaired) electrons. The third-order valence-corrected chi connectivity index (χ3v) is 2.95. The van der Waals surface area contributed by atoms with E-state index < -0.39 is 0 Å². The Kier molecular flexibility index (Phi) is 1.95. The van der Waals surface area contributed by atoms with Crippen molar-refractivity contribution in [3.05, 3.63) is 18.2 Å². The lowest BCUT2D eigenvalue weighted by Gasteiger charge is -2.18. The molecule has 0 bridgehead atoms. The van der Waals surface area contributed by atoms with E-state index >= 15 is 0 Å². The standard InChI is InChI=1S/C11H14N2O2/c12-8-3-4-13(6-8)9-1-2-10-11(5-9)15-7-14-10/h1-2,5,8H,3-4,6-7,12H2. The molecule has 1 atom stereocenters. The third kappa shape index (κ3) is 1.51. The molecule has 2 N–H and O–H groups in total. The molecule has 0 amide bonds. The fourth-order valence-electron chi connectivity index (χ4n) is 2.10. The number of nitrogens with zero attached hydrogens (tertiary/aromatic N) is 1. The molecule has 1 aromatic rings. The van der Waals surface area contributed by atoms with Crippen molar-refractivity contribution in [3.8, 4) is 11.5 Å². The van der Waals surface area contributed by atoms with Gasteiger partial charge in [0.1, 0.15) is 0 Å². The molecule has 4 nitrogen and oxygen atoms in total. The highest BCUT2D eigenvalue weighted by Crippen LogP contribution is 2.36. The van der Waals surface area contributed by atoms with Crippen LogP contribution in [0.25, 0.3) is 0 Å². The Morgan fingerprint density at radius 1 is 1.27 bits per heavy atom. The van der Waals surface area contributed by atoms with E-state index in [1.165, 1.54) is 5.69 Å². The van der Waals surface area contributed by atoms with Crippen molar-refractivity contribution < 1.29 is 9.47 Å². The van der Waals surface area contributed by atoms with Crippen LogP contribution in [0.4, 0.5) is 5.69 Å². The smallest absolute Gasteiger partial charge is 0.231 e. The minimum atomic E-state index is 0.301. The molecule has 1 saturated heterocycles. The van der Waals surface area contributed by atoms with E-state index in [1.54, 1.807) is 0 Å². The van der Waals surface area contributed by atoms with Gasteiger partial charge in [-0.25, -0.2) is 0 Å². The van der Waals surface area contributed by atoms with Gasteiger partial charge in [0.2, 0.25) is 6.79 Å². The number of hydrogen-bond donors (Lipinski definition) is 1. The van der Waals surface area contributed by atoms with Crippen LogP contribution in [0.1, 0.15) is 6.42 Å². The zero-order valence-electron chi connectivity index (χ0n) is 8.48. The molecule has 2 heterocycles. The quantitative estimate of drug-likeness (QED) is 0.743. The van der Waals surface area contributed by atoms with Crippen molar-refractivity contribution in [3.63, 3.8) is 0 Å². The molecule has 2 aliphatic heterocycles. The molecular weight excluding hydrogens is 192 g/mol. The van der Waals surface area contributed by atoms with Crippen molar-refractivity contribution in [2.75, 3.05) is 24.8 Å². The summed E-state index contributed by atoms with van der Waals surface area (Å²) in [7, 11) is 0. The van der Waals surface area contributed by atoms with E-state index in [0.717, 1.165) is 31.0 Å². The average molecular weight is 206 g/mol. The SMILES string of the molecule is NC1CCN(c2ccc3c(c2)OCO3)C1. The second-order valence-electron chi connectivity index (χ2n) is 4.03. The van der Waals surface area contributed by atoms with Crippen molar-refractivity contribution >= 4 is 5.69 Å². The highest BCUT2D eigenvalue weighted by atomic mass is 16.7. The second kappa shape index (κ2) is 3.31. The Hall–Kier alpha value is -1.42. The van der Waals surface area contributed by atoms with Crippen LogP contribution in [-0.4, -0.2) is 25.9 Å². The number of nitrogens with two attached hydrogens (primary N) is 1. The van der Waals surface area contributed by atoms with Crippen LogP contribution in [0, 0.1) is 0 Å². The number of benzene rings is 1. The van der Waals surface area contributed by atoms with Gasteiger partial charge in [-0.05, 0) is 18.6 Å². The van der Waals surface area contributed by atoms with Crippen LogP contribution >= 0.6 is 0 Å². The lowest BCUT2D eigenvalue weighted by Crippen LogP contribution is -2.26. The van der Waals surface area contributed by atoms with Crippen molar-refractivity contribution in [1.29, 1.82) is 0 Å². The molecule has 3 rings (SSSR count). The molecule has 0 saturated carbocycles. The zero-order chi connectivity index (χ0) is 10.3. The van der Waals surface area contributed by atoms with Crippen molar-refractivity contribution in [2.45, 2.75) is 12.5 Å². The number of rotatable bonds is 1. The minimum Gasteiger partial charge on any atom is -0.454 e. The van der Waals surface area contributed by atoms with Gasteiger partial charge in [-0.1, -0.05) is 0 Å². The van der Waals surface area contributed by atoms with Gasteiger partial charge in [-0.15, -0.1) is 0 Å². The molecule has 80 valence electrons. The Balaban J connectivity index is 1.87. The van der Waals surface area contributed by atoms with E-state index in [0.29, 0.717) is 12.8 Å². The van der Waals surface area contributed by atoms with E-state index in [9.17, 15) is 0 Å². The van der Waals surface area contributed by atoms with Gasteiger partial charge >= 0.3 is 0 Å². The fourth-order valence-corrected chi connectivity index (χ4v) is 2.10. The predicted octanol–water partition coefficient (Wildman–Crippen LogP) is 0.953. The topological polar surface area (TPSA) is 47.7 Å². The van der Waals surface area contributed by atoms with Gasteiger partial charge < -0.3 is 20.1 Å². The largest absolute Gasteiger partial charge is 0.454 e.